The number of likely N-dealkylation sites (N-methyl/N-ethyl adjacent to an activating group) is 1. The predicted molar refractivity (Wildman–Crippen MR) is 132 cm³/mol. The van der Waals surface area contributed by atoms with E-state index < -0.39 is 76.4 Å². The van der Waals surface area contributed by atoms with E-state index >= 15 is 0 Å². The minimum absolute atomic E-state index is 0.118. The van der Waals surface area contributed by atoms with Crippen LogP contribution in [-0.2, 0) is 25.6 Å². The lowest BCUT2D eigenvalue weighted by atomic mass is 9.49. The zero-order valence-electron chi connectivity index (χ0n) is 20.8. The molecule has 5 N–H and O–H groups in total. The van der Waals surface area contributed by atoms with E-state index in [0.717, 1.165) is 5.56 Å². The first-order valence-corrected chi connectivity index (χ1v) is 12.3. The van der Waals surface area contributed by atoms with Gasteiger partial charge < -0.3 is 21.1 Å². The number of phenolic OH excluding ortho intramolecular Hbond substituents is 1. The molecule has 10 nitrogen and oxygen atoms in total. The Morgan fingerprint density at radius 2 is 1.66 bits per heavy atom. The third-order valence-corrected chi connectivity index (χ3v) is 8.45. The number of hydrogen-bond acceptors (Lipinski definition) is 9. The van der Waals surface area contributed by atoms with E-state index in [4.69, 9.17) is 5.73 Å². The van der Waals surface area contributed by atoms with Gasteiger partial charge in [0, 0.05) is 5.92 Å². The van der Waals surface area contributed by atoms with Crippen LogP contribution in [0.5, 0.6) is 5.75 Å². The second-order valence-electron chi connectivity index (χ2n) is 10.6. The zero-order valence-corrected chi connectivity index (χ0v) is 20.8. The molecule has 38 heavy (non-hydrogen) atoms. The van der Waals surface area contributed by atoms with Crippen molar-refractivity contribution in [1.29, 1.82) is 0 Å². The van der Waals surface area contributed by atoms with Gasteiger partial charge in [-0.3, -0.25) is 28.9 Å². The molecule has 0 spiro atoms. The second kappa shape index (κ2) is 8.93. The number of amides is 1. The molecule has 2 unspecified atom stereocenters. The first kappa shape index (κ1) is 25.9. The van der Waals surface area contributed by atoms with E-state index in [0.29, 0.717) is 5.56 Å². The smallest absolute Gasteiger partial charge is 0.235 e. The zero-order chi connectivity index (χ0) is 27.7. The highest BCUT2D eigenvalue weighted by molar-refractivity contribution is 6.32. The van der Waals surface area contributed by atoms with Crippen molar-refractivity contribution in [3.63, 3.8) is 0 Å². The Kier molecular flexibility index (Phi) is 6.09. The average molecular weight is 521 g/mol. The fourth-order valence-electron chi connectivity index (χ4n) is 6.88. The summed E-state index contributed by atoms with van der Waals surface area (Å²) in [4.78, 5) is 68.1. The summed E-state index contributed by atoms with van der Waals surface area (Å²) in [6, 6.07) is 12.2. The van der Waals surface area contributed by atoms with Crippen LogP contribution in [-0.4, -0.2) is 81.1 Å². The van der Waals surface area contributed by atoms with Crippen LogP contribution in [0.15, 0.2) is 48.5 Å². The standard InChI is InChI=1S/C28H28N2O8/c1-30(2)21-20-23(33)17-14(11-12-7-4-3-5-8-12)13-9-6-10-15(31)16(13)22(32)18(17)25(35)28(20,38)26(36)19(24(21)34)27(29)37/h3-10,14,17-21,23,31,33,38H,11H2,1-2H3,(H2,29,37)/t14-,17+,18?,19?,20+,21-,23-,28-/m0/s1. The molecule has 10 heteroatoms. The van der Waals surface area contributed by atoms with Crippen molar-refractivity contribution in [2.24, 2.45) is 29.4 Å². The fraction of sp³-hybridized carbons (Fsp3) is 0.393. The van der Waals surface area contributed by atoms with E-state index in [1.807, 2.05) is 30.3 Å². The molecule has 0 radical (unpaired) electrons. The normalized spacial score (nSPS) is 34.5. The van der Waals surface area contributed by atoms with Crippen LogP contribution < -0.4 is 5.73 Å². The number of Topliss-reactive ketones (excluding diaryl/α,β-unsaturated/α-hetero) is 4. The number of hydrogen-bond donors (Lipinski definition) is 4. The lowest BCUT2D eigenvalue weighted by Gasteiger charge is -2.56. The number of phenols is 1. The molecule has 3 aliphatic rings. The summed E-state index contributed by atoms with van der Waals surface area (Å²) in [5, 5.41) is 34.2. The first-order valence-electron chi connectivity index (χ1n) is 12.3. The van der Waals surface area contributed by atoms with E-state index in [1.54, 1.807) is 12.1 Å². The Balaban J connectivity index is 1.74. The van der Waals surface area contributed by atoms with Crippen LogP contribution >= 0.6 is 0 Å². The van der Waals surface area contributed by atoms with Gasteiger partial charge in [0.25, 0.3) is 0 Å². The summed E-state index contributed by atoms with van der Waals surface area (Å²) in [6.07, 6.45) is -1.41. The Labute approximate surface area is 218 Å². The van der Waals surface area contributed by atoms with Gasteiger partial charge in [-0.2, -0.15) is 0 Å². The lowest BCUT2D eigenvalue weighted by Crippen LogP contribution is -2.77. The second-order valence-corrected chi connectivity index (χ2v) is 10.6. The Hall–Kier alpha value is -3.73. The predicted octanol–water partition coefficient (Wildman–Crippen LogP) is -0.378. The summed E-state index contributed by atoms with van der Waals surface area (Å²) in [6.45, 7) is 0. The third kappa shape index (κ3) is 3.40. The van der Waals surface area contributed by atoms with Crippen LogP contribution in [0.25, 0.3) is 0 Å². The van der Waals surface area contributed by atoms with E-state index in [1.165, 1.54) is 25.1 Å². The summed E-state index contributed by atoms with van der Waals surface area (Å²) >= 11 is 0. The van der Waals surface area contributed by atoms with Gasteiger partial charge in [-0.1, -0.05) is 42.5 Å². The molecule has 0 bridgehead atoms. The van der Waals surface area contributed by atoms with Crippen LogP contribution in [0.3, 0.4) is 0 Å². The molecule has 2 fully saturated rings. The van der Waals surface area contributed by atoms with Gasteiger partial charge in [0.1, 0.15) is 5.75 Å². The molecule has 2 saturated carbocycles. The summed E-state index contributed by atoms with van der Waals surface area (Å²) in [7, 11) is 2.92. The maximum Gasteiger partial charge on any atom is 0.235 e. The van der Waals surface area contributed by atoms with Gasteiger partial charge in [0.2, 0.25) is 5.91 Å². The molecule has 0 heterocycles. The molecule has 8 atom stereocenters. The molecule has 2 aromatic rings. The number of carbonyl (C=O) groups excluding carboxylic acids is 5. The van der Waals surface area contributed by atoms with Gasteiger partial charge in [0.05, 0.1) is 29.5 Å². The number of benzene rings is 2. The van der Waals surface area contributed by atoms with Crippen LogP contribution in [0.1, 0.15) is 27.4 Å². The van der Waals surface area contributed by atoms with Gasteiger partial charge >= 0.3 is 0 Å². The van der Waals surface area contributed by atoms with Gasteiger partial charge in [0.15, 0.2) is 34.7 Å². The SMILES string of the molecule is CN(C)[C@@H]1C(=O)C(C(N)=O)C(=O)[C@@]2(O)C(=O)C3C(=O)c4c(O)cccc4[C@H](Cc4ccccc4)[C@H]3[C@H](O)[C@@H]12. The van der Waals surface area contributed by atoms with E-state index in [2.05, 4.69) is 0 Å². The average Bonchev–Trinajstić information content (AvgIpc) is 2.86. The monoisotopic (exact) mass is 520 g/mol. The maximum absolute atomic E-state index is 14.1. The summed E-state index contributed by atoms with van der Waals surface area (Å²) in [5.41, 5.74) is 3.45. The largest absolute Gasteiger partial charge is 0.507 e. The van der Waals surface area contributed by atoms with Crippen molar-refractivity contribution in [2.75, 3.05) is 14.1 Å². The molecule has 198 valence electrons. The molecular weight excluding hydrogens is 492 g/mol. The maximum atomic E-state index is 14.1. The number of carbonyl (C=O) groups is 5. The number of aliphatic hydroxyl groups excluding tert-OH is 1. The van der Waals surface area contributed by atoms with Crippen molar-refractivity contribution in [3.8, 4) is 5.75 Å². The van der Waals surface area contributed by atoms with Gasteiger partial charge in [-0.15, -0.1) is 0 Å². The fourth-order valence-corrected chi connectivity index (χ4v) is 6.88. The Morgan fingerprint density at radius 3 is 2.26 bits per heavy atom. The van der Waals surface area contributed by atoms with Crippen molar-refractivity contribution in [3.05, 3.63) is 65.2 Å². The molecule has 0 saturated heterocycles. The van der Waals surface area contributed by atoms with Crippen molar-refractivity contribution in [1.82, 2.24) is 4.90 Å². The van der Waals surface area contributed by atoms with Gasteiger partial charge in [-0.25, -0.2) is 0 Å². The lowest BCUT2D eigenvalue weighted by molar-refractivity contribution is -0.197. The molecule has 5 rings (SSSR count). The van der Waals surface area contributed by atoms with Crippen LogP contribution in [0, 0.1) is 23.7 Å². The summed E-state index contributed by atoms with van der Waals surface area (Å²) in [5.74, 6) is -13.4. The van der Waals surface area contributed by atoms with Gasteiger partial charge in [-0.05, 0) is 43.6 Å². The topological polar surface area (TPSA) is 175 Å². The highest BCUT2D eigenvalue weighted by atomic mass is 16.3. The van der Waals surface area contributed by atoms with Crippen molar-refractivity contribution < 1.29 is 39.3 Å². The highest BCUT2D eigenvalue weighted by Crippen LogP contribution is 2.55. The number of aliphatic hydroxyl groups is 2. The van der Waals surface area contributed by atoms with Crippen molar-refractivity contribution in [2.45, 2.75) is 30.1 Å². The minimum Gasteiger partial charge on any atom is -0.507 e. The van der Waals surface area contributed by atoms with E-state index in [9.17, 15) is 39.3 Å². The number of nitrogens with zero attached hydrogens (tertiary/aromatic N) is 1. The minimum atomic E-state index is -3.02. The molecule has 2 aromatic carbocycles. The van der Waals surface area contributed by atoms with Crippen molar-refractivity contribution >= 4 is 29.0 Å². The molecule has 0 aliphatic heterocycles. The number of aromatic hydroxyl groups is 1. The first-order chi connectivity index (χ1) is 17.9. The molecule has 1 amide bonds. The number of primary amides is 1. The number of nitrogens with two attached hydrogens (primary N) is 1. The number of rotatable bonds is 4. The molecular formula is C28H28N2O8. The molecule has 0 aromatic heterocycles. The quantitative estimate of drug-likeness (QED) is 0.392. The summed E-state index contributed by atoms with van der Waals surface area (Å²) < 4.78 is 0. The Bertz CT molecular complexity index is 1370. The third-order valence-electron chi connectivity index (χ3n) is 8.45. The van der Waals surface area contributed by atoms with Crippen LogP contribution in [0.2, 0.25) is 0 Å². The number of fused-ring (bicyclic) bond motifs is 3. The van der Waals surface area contributed by atoms with Crippen LogP contribution in [0.4, 0.5) is 0 Å². The highest BCUT2D eigenvalue weighted by Gasteiger charge is 2.73. The number of ketones is 4. The molecule has 3 aliphatic carbocycles. The van der Waals surface area contributed by atoms with E-state index in [-0.39, 0.29) is 17.7 Å². The Morgan fingerprint density at radius 1 is 1.00 bits per heavy atom.